The lowest BCUT2D eigenvalue weighted by molar-refractivity contribution is -0.141. The number of pyridine rings is 1. The van der Waals surface area contributed by atoms with E-state index in [9.17, 15) is 19.2 Å². The minimum atomic E-state index is -0.944. The van der Waals surface area contributed by atoms with E-state index in [0.29, 0.717) is 17.8 Å². The van der Waals surface area contributed by atoms with Crippen molar-refractivity contribution in [3.63, 3.8) is 0 Å². The Morgan fingerprint density at radius 1 is 1.28 bits per heavy atom. The number of carbonyl (C=O) groups excluding carboxylic acids is 4. The minimum absolute atomic E-state index is 0.0602. The summed E-state index contributed by atoms with van der Waals surface area (Å²) in [6.45, 7) is 3.65. The van der Waals surface area contributed by atoms with Crippen LogP contribution in [-0.4, -0.2) is 64.2 Å². The average Bonchev–Trinajstić information content (AvgIpc) is 3.18. The zero-order chi connectivity index (χ0) is 23.8. The van der Waals surface area contributed by atoms with Gasteiger partial charge >= 0.3 is 0 Å². The Morgan fingerprint density at radius 2 is 2.00 bits per heavy atom. The fraction of sp³-hybridized carbons (Fsp3) is 0.450. The average molecular weight is 467 g/mol. The first-order valence-electron chi connectivity index (χ1n) is 9.93. The van der Waals surface area contributed by atoms with E-state index in [1.165, 1.54) is 13.3 Å². The molecule has 11 nitrogen and oxygen atoms in total. The highest BCUT2D eigenvalue weighted by atomic mass is 35.5. The lowest BCUT2D eigenvalue weighted by atomic mass is 10.0. The van der Waals surface area contributed by atoms with Gasteiger partial charge in [0.15, 0.2) is 0 Å². The van der Waals surface area contributed by atoms with Crippen LogP contribution in [0.2, 0.25) is 0 Å². The van der Waals surface area contributed by atoms with Gasteiger partial charge in [-0.05, 0) is 18.4 Å². The molecule has 32 heavy (non-hydrogen) atoms. The molecule has 2 aromatic heterocycles. The SMILES string of the molecule is COc1cc2cc(C(=O)N[C@@H](CC(C)C)C(=O)NN(CCC(N)=O)C(=O)CCl)[nH]c2cn1. The van der Waals surface area contributed by atoms with Gasteiger partial charge in [0.2, 0.25) is 11.8 Å². The number of amides is 4. The molecule has 0 aromatic carbocycles. The molecule has 1 atom stereocenters. The molecule has 0 bridgehead atoms. The van der Waals surface area contributed by atoms with Gasteiger partial charge in [-0.1, -0.05) is 13.8 Å². The number of fused-ring (bicyclic) bond motifs is 1. The van der Waals surface area contributed by atoms with Gasteiger partial charge in [0.25, 0.3) is 17.7 Å². The molecule has 0 unspecified atom stereocenters. The molecule has 0 aliphatic rings. The van der Waals surface area contributed by atoms with Crippen molar-refractivity contribution in [3.8, 4) is 5.88 Å². The maximum absolute atomic E-state index is 12.9. The molecule has 0 saturated carbocycles. The highest BCUT2D eigenvalue weighted by Gasteiger charge is 2.26. The van der Waals surface area contributed by atoms with Gasteiger partial charge in [-0.15, -0.1) is 11.6 Å². The van der Waals surface area contributed by atoms with Crippen molar-refractivity contribution in [2.24, 2.45) is 11.7 Å². The Kier molecular flexibility index (Phi) is 8.82. The molecule has 0 aliphatic heterocycles. The Labute approximate surface area is 190 Å². The van der Waals surface area contributed by atoms with Crippen molar-refractivity contribution in [2.75, 3.05) is 19.5 Å². The molecule has 2 heterocycles. The largest absolute Gasteiger partial charge is 0.481 e. The van der Waals surface area contributed by atoms with Gasteiger partial charge in [-0.3, -0.25) is 29.6 Å². The fourth-order valence-corrected chi connectivity index (χ4v) is 3.08. The number of primary amides is 1. The number of halogens is 1. The zero-order valence-corrected chi connectivity index (χ0v) is 18.9. The molecule has 0 fully saturated rings. The number of nitrogens with zero attached hydrogens (tertiary/aromatic N) is 2. The molecule has 0 aliphatic carbocycles. The highest BCUT2D eigenvalue weighted by Crippen LogP contribution is 2.19. The summed E-state index contributed by atoms with van der Waals surface area (Å²) in [5.74, 6) is -2.29. The van der Waals surface area contributed by atoms with Crippen LogP contribution in [0, 0.1) is 5.92 Å². The number of ether oxygens (including phenoxy) is 1. The number of nitrogens with two attached hydrogens (primary N) is 1. The third kappa shape index (κ3) is 6.84. The summed E-state index contributed by atoms with van der Waals surface area (Å²) in [5, 5.41) is 4.34. The number of hydrogen-bond acceptors (Lipinski definition) is 6. The van der Waals surface area contributed by atoms with Gasteiger partial charge in [-0.25, -0.2) is 4.98 Å². The summed E-state index contributed by atoms with van der Waals surface area (Å²) >= 11 is 5.59. The van der Waals surface area contributed by atoms with E-state index in [1.54, 1.807) is 12.1 Å². The van der Waals surface area contributed by atoms with E-state index in [1.807, 2.05) is 13.8 Å². The lowest BCUT2D eigenvalue weighted by Gasteiger charge is -2.26. The van der Waals surface area contributed by atoms with Gasteiger partial charge in [-0.2, -0.15) is 0 Å². The number of aromatic nitrogens is 2. The predicted octanol–water partition coefficient (Wildman–Crippen LogP) is 0.690. The maximum atomic E-state index is 12.9. The number of methoxy groups -OCH3 is 1. The van der Waals surface area contributed by atoms with E-state index in [2.05, 4.69) is 20.7 Å². The molecule has 0 saturated heterocycles. The molecule has 5 N–H and O–H groups in total. The summed E-state index contributed by atoms with van der Waals surface area (Å²) in [4.78, 5) is 55.8. The van der Waals surface area contributed by atoms with Crippen LogP contribution in [0.15, 0.2) is 18.3 Å². The van der Waals surface area contributed by atoms with Crippen LogP contribution in [-0.2, 0) is 14.4 Å². The molecule has 12 heteroatoms. The van der Waals surface area contributed by atoms with E-state index in [4.69, 9.17) is 22.1 Å². The summed E-state index contributed by atoms with van der Waals surface area (Å²) in [6.07, 6.45) is 1.69. The minimum Gasteiger partial charge on any atom is -0.481 e. The molecular weight excluding hydrogens is 440 g/mol. The molecule has 0 spiro atoms. The van der Waals surface area contributed by atoms with Crippen LogP contribution >= 0.6 is 11.6 Å². The molecule has 0 radical (unpaired) electrons. The van der Waals surface area contributed by atoms with Crippen molar-refractivity contribution >= 4 is 46.1 Å². The van der Waals surface area contributed by atoms with Gasteiger partial charge < -0.3 is 20.8 Å². The van der Waals surface area contributed by atoms with Crippen molar-refractivity contribution in [1.29, 1.82) is 0 Å². The van der Waals surface area contributed by atoms with E-state index in [-0.39, 0.29) is 24.6 Å². The molecule has 2 aromatic rings. The van der Waals surface area contributed by atoms with Crippen LogP contribution in [0.1, 0.15) is 37.2 Å². The first-order valence-corrected chi connectivity index (χ1v) is 10.5. The fourth-order valence-electron chi connectivity index (χ4n) is 2.93. The van der Waals surface area contributed by atoms with Crippen LogP contribution in [0.3, 0.4) is 0 Å². The Morgan fingerprint density at radius 3 is 2.59 bits per heavy atom. The number of nitrogens with one attached hydrogen (secondary N) is 3. The first kappa shape index (κ1) is 24.9. The number of rotatable bonds is 10. The second-order valence-corrected chi connectivity index (χ2v) is 7.79. The quantitative estimate of drug-likeness (QED) is 0.297. The molecule has 2 rings (SSSR count). The van der Waals surface area contributed by atoms with E-state index in [0.717, 1.165) is 10.4 Å². The van der Waals surface area contributed by atoms with E-state index < -0.39 is 35.6 Å². The number of aromatic amines is 1. The Bertz CT molecular complexity index is 992. The standard InChI is InChI=1S/C20H27ClN6O5/c1-11(2)6-13(20(31)26-27(18(29)9-21)5-4-16(22)28)25-19(30)14-7-12-8-17(32-3)23-10-15(12)24-14/h7-8,10-11,13,24H,4-6,9H2,1-3H3,(H2,22,28)(H,25,30)(H,26,31)/t13-/m0/s1. The summed E-state index contributed by atoms with van der Waals surface area (Å²) in [5.41, 5.74) is 8.42. The highest BCUT2D eigenvalue weighted by molar-refractivity contribution is 6.27. The van der Waals surface area contributed by atoms with Crippen molar-refractivity contribution in [2.45, 2.75) is 32.7 Å². The number of alkyl halides is 1. The zero-order valence-electron chi connectivity index (χ0n) is 18.1. The summed E-state index contributed by atoms with van der Waals surface area (Å²) in [7, 11) is 1.49. The van der Waals surface area contributed by atoms with Gasteiger partial charge in [0, 0.05) is 17.9 Å². The third-order valence-corrected chi connectivity index (χ3v) is 4.73. The molecule has 4 amide bonds. The predicted molar refractivity (Wildman–Crippen MR) is 118 cm³/mol. The normalized spacial score (nSPS) is 11.8. The van der Waals surface area contributed by atoms with Crippen LogP contribution in [0.25, 0.3) is 10.9 Å². The number of carbonyl (C=O) groups is 4. The topological polar surface area (TPSA) is 160 Å². The second-order valence-electron chi connectivity index (χ2n) is 7.52. The smallest absolute Gasteiger partial charge is 0.268 e. The molecule has 174 valence electrons. The number of hydrogen-bond donors (Lipinski definition) is 4. The number of hydrazine groups is 1. The van der Waals surface area contributed by atoms with Crippen molar-refractivity contribution < 1.29 is 23.9 Å². The van der Waals surface area contributed by atoms with Crippen molar-refractivity contribution in [3.05, 3.63) is 24.0 Å². The van der Waals surface area contributed by atoms with Crippen molar-refractivity contribution in [1.82, 2.24) is 25.7 Å². The molecular formula is C20H27ClN6O5. The van der Waals surface area contributed by atoms with Crippen LogP contribution in [0.5, 0.6) is 5.88 Å². The monoisotopic (exact) mass is 466 g/mol. The van der Waals surface area contributed by atoms with Crippen LogP contribution < -0.4 is 21.2 Å². The Hall–Kier alpha value is -3.34. The van der Waals surface area contributed by atoms with Crippen LogP contribution in [0.4, 0.5) is 0 Å². The Balaban J connectivity index is 2.17. The van der Waals surface area contributed by atoms with Gasteiger partial charge in [0.1, 0.15) is 17.6 Å². The summed E-state index contributed by atoms with van der Waals surface area (Å²) in [6, 6.07) is 2.35. The maximum Gasteiger partial charge on any atom is 0.268 e. The summed E-state index contributed by atoms with van der Waals surface area (Å²) < 4.78 is 5.08. The third-order valence-electron chi connectivity index (χ3n) is 4.51. The lowest BCUT2D eigenvalue weighted by Crippen LogP contribution is -2.55. The van der Waals surface area contributed by atoms with E-state index >= 15 is 0 Å². The van der Waals surface area contributed by atoms with Gasteiger partial charge in [0.05, 0.1) is 25.4 Å². The number of H-pyrrole nitrogens is 1. The second kappa shape index (κ2) is 11.3. The first-order chi connectivity index (χ1) is 15.1.